The van der Waals surface area contributed by atoms with Crippen molar-refractivity contribution in [2.45, 2.75) is 37.6 Å². The van der Waals surface area contributed by atoms with E-state index < -0.39 is 10.0 Å². The fraction of sp³-hybridized carbons (Fsp3) is 0.571. The Bertz CT molecular complexity index is 534. The van der Waals surface area contributed by atoms with Crippen LogP contribution in [-0.4, -0.2) is 32.9 Å². The van der Waals surface area contributed by atoms with Gasteiger partial charge in [-0.3, -0.25) is 0 Å². The average Bonchev–Trinajstić information content (AvgIpc) is 2.42. The molecule has 1 N–H and O–H groups in total. The Kier molecular flexibility index (Phi) is 4.60. The number of piperidine rings is 1. The molecule has 1 saturated heterocycles. The molecule has 19 heavy (non-hydrogen) atoms. The van der Waals surface area contributed by atoms with Crippen molar-refractivity contribution in [3.63, 3.8) is 0 Å². The van der Waals surface area contributed by atoms with Crippen molar-refractivity contribution in [2.24, 2.45) is 0 Å². The molecule has 1 aromatic carbocycles. The second-order valence-electron chi connectivity index (χ2n) is 5.08. The molecule has 1 fully saturated rings. The van der Waals surface area contributed by atoms with E-state index in [0.717, 1.165) is 30.4 Å². The third kappa shape index (κ3) is 3.16. The summed E-state index contributed by atoms with van der Waals surface area (Å²) in [5, 5.41) is 3.07. The van der Waals surface area contributed by atoms with Crippen LogP contribution in [0.25, 0.3) is 0 Å². The molecule has 0 bridgehead atoms. The van der Waals surface area contributed by atoms with Gasteiger partial charge in [-0.05, 0) is 50.1 Å². The van der Waals surface area contributed by atoms with Gasteiger partial charge in [0.05, 0.1) is 4.90 Å². The van der Waals surface area contributed by atoms with Crippen molar-refractivity contribution < 1.29 is 8.42 Å². The summed E-state index contributed by atoms with van der Waals surface area (Å²) in [6.07, 6.45) is 3.06. The van der Waals surface area contributed by atoms with E-state index >= 15 is 0 Å². The van der Waals surface area contributed by atoms with E-state index in [1.165, 1.54) is 0 Å². The summed E-state index contributed by atoms with van der Waals surface area (Å²) in [5.41, 5.74) is 2.16. The van der Waals surface area contributed by atoms with Gasteiger partial charge in [-0.15, -0.1) is 0 Å². The van der Waals surface area contributed by atoms with Crippen LogP contribution in [-0.2, 0) is 16.6 Å². The van der Waals surface area contributed by atoms with Crippen LogP contribution in [0, 0.1) is 6.92 Å². The highest BCUT2D eigenvalue weighted by molar-refractivity contribution is 7.89. The van der Waals surface area contributed by atoms with Gasteiger partial charge in [0.1, 0.15) is 0 Å². The smallest absolute Gasteiger partial charge is 0.243 e. The first-order valence-electron chi connectivity index (χ1n) is 6.80. The summed E-state index contributed by atoms with van der Waals surface area (Å²) in [7, 11) is -1.45. The predicted molar refractivity (Wildman–Crippen MR) is 76.6 cm³/mol. The Labute approximate surface area is 115 Å². The quantitative estimate of drug-likeness (QED) is 0.917. The molecule has 0 saturated carbocycles. The maximum Gasteiger partial charge on any atom is 0.243 e. The molecule has 0 unspecified atom stereocenters. The number of hydrogen-bond donors (Lipinski definition) is 1. The average molecular weight is 282 g/mol. The lowest BCUT2D eigenvalue weighted by Gasteiger charge is -2.26. The van der Waals surface area contributed by atoms with Crippen LogP contribution in [0.15, 0.2) is 23.1 Å². The van der Waals surface area contributed by atoms with Crippen LogP contribution >= 0.6 is 0 Å². The maximum atomic E-state index is 12.6. The highest BCUT2D eigenvalue weighted by Crippen LogP contribution is 2.22. The van der Waals surface area contributed by atoms with E-state index in [0.29, 0.717) is 24.5 Å². The van der Waals surface area contributed by atoms with Crippen molar-refractivity contribution >= 4 is 10.0 Å². The van der Waals surface area contributed by atoms with Crippen LogP contribution in [0.3, 0.4) is 0 Å². The lowest BCUT2D eigenvalue weighted by molar-refractivity contribution is 0.346. The van der Waals surface area contributed by atoms with E-state index in [2.05, 4.69) is 5.32 Å². The Morgan fingerprint density at radius 1 is 1.21 bits per heavy atom. The van der Waals surface area contributed by atoms with Gasteiger partial charge < -0.3 is 5.32 Å². The second-order valence-corrected chi connectivity index (χ2v) is 7.02. The molecule has 4 nitrogen and oxygen atoms in total. The Morgan fingerprint density at radius 3 is 2.53 bits per heavy atom. The summed E-state index contributed by atoms with van der Waals surface area (Å²) in [5.74, 6) is 0. The lowest BCUT2D eigenvalue weighted by atomic mass is 10.1. The molecular formula is C14H22N2O2S. The minimum atomic E-state index is -3.31. The van der Waals surface area contributed by atoms with Crippen molar-refractivity contribution in [3.05, 3.63) is 29.3 Å². The van der Waals surface area contributed by atoms with Crippen LogP contribution in [0.5, 0.6) is 0 Å². The van der Waals surface area contributed by atoms with Crippen LogP contribution in [0.1, 0.15) is 30.4 Å². The van der Waals surface area contributed by atoms with Gasteiger partial charge in [-0.25, -0.2) is 8.42 Å². The van der Waals surface area contributed by atoms with E-state index in [1.54, 1.807) is 16.4 Å². The number of rotatable bonds is 4. The normalized spacial score (nSPS) is 17.6. The van der Waals surface area contributed by atoms with E-state index in [1.807, 2.05) is 20.0 Å². The van der Waals surface area contributed by atoms with Crippen LogP contribution < -0.4 is 5.32 Å². The summed E-state index contributed by atoms with van der Waals surface area (Å²) in [6, 6.07) is 5.41. The predicted octanol–water partition coefficient (Wildman–Crippen LogP) is 1.89. The molecule has 1 heterocycles. The number of sulfonamides is 1. The molecule has 1 aliphatic heterocycles. The summed E-state index contributed by atoms with van der Waals surface area (Å²) in [4.78, 5) is 0.422. The van der Waals surface area contributed by atoms with Gasteiger partial charge in [0.2, 0.25) is 10.0 Å². The molecule has 0 amide bonds. The van der Waals surface area contributed by atoms with Gasteiger partial charge >= 0.3 is 0 Å². The van der Waals surface area contributed by atoms with Gasteiger partial charge in [-0.2, -0.15) is 4.31 Å². The Balaban J connectivity index is 2.31. The minimum Gasteiger partial charge on any atom is -0.316 e. The fourth-order valence-electron chi connectivity index (χ4n) is 2.44. The van der Waals surface area contributed by atoms with Crippen molar-refractivity contribution in [3.8, 4) is 0 Å². The molecular weight excluding hydrogens is 260 g/mol. The van der Waals surface area contributed by atoms with Gasteiger partial charge in [0.25, 0.3) is 0 Å². The Morgan fingerprint density at radius 2 is 1.89 bits per heavy atom. The number of aryl methyl sites for hydroxylation is 1. The van der Waals surface area contributed by atoms with Gasteiger partial charge in [-0.1, -0.05) is 12.5 Å². The largest absolute Gasteiger partial charge is 0.316 e. The molecule has 0 atom stereocenters. The first kappa shape index (κ1) is 14.5. The molecule has 0 aliphatic carbocycles. The third-order valence-electron chi connectivity index (χ3n) is 3.64. The first-order valence-corrected chi connectivity index (χ1v) is 8.24. The molecule has 0 spiro atoms. The molecule has 106 valence electrons. The molecule has 0 aromatic heterocycles. The number of nitrogens with zero attached hydrogens (tertiary/aromatic N) is 1. The second kappa shape index (κ2) is 6.03. The summed E-state index contributed by atoms with van der Waals surface area (Å²) >= 11 is 0. The third-order valence-corrected chi connectivity index (χ3v) is 5.54. The van der Waals surface area contributed by atoms with Crippen LogP contribution in [0.2, 0.25) is 0 Å². The zero-order chi connectivity index (χ0) is 13.9. The molecule has 0 radical (unpaired) electrons. The molecule has 1 aliphatic rings. The van der Waals surface area contributed by atoms with E-state index in [-0.39, 0.29) is 0 Å². The monoisotopic (exact) mass is 282 g/mol. The van der Waals surface area contributed by atoms with Crippen molar-refractivity contribution in [1.82, 2.24) is 9.62 Å². The molecule has 2 rings (SSSR count). The first-order chi connectivity index (χ1) is 9.05. The highest BCUT2D eigenvalue weighted by atomic mass is 32.2. The van der Waals surface area contributed by atoms with Gasteiger partial charge in [0.15, 0.2) is 0 Å². The number of nitrogens with one attached hydrogen (secondary N) is 1. The van der Waals surface area contributed by atoms with E-state index in [4.69, 9.17) is 0 Å². The highest BCUT2D eigenvalue weighted by Gasteiger charge is 2.26. The van der Waals surface area contributed by atoms with E-state index in [9.17, 15) is 8.42 Å². The standard InChI is InChI=1S/C14H22N2O2S/c1-12-6-7-14(10-13(12)11-15-2)19(17,18)16-8-4-3-5-9-16/h6-7,10,15H,3-5,8-9,11H2,1-2H3. The summed E-state index contributed by atoms with van der Waals surface area (Å²) < 4.78 is 26.7. The fourth-order valence-corrected chi connectivity index (χ4v) is 4.01. The SMILES string of the molecule is CNCc1cc(S(=O)(=O)N2CCCCC2)ccc1C. The summed E-state index contributed by atoms with van der Waals surface area (Å²) in [6.45, 7) is 3.99. The lowest BCUT2D eigenvalue weighted by Crippen LogP contribution is -2.35. The number of hydrogen-bond acceptors (Lipinski definition) is 3. The van der Waals surface area contributed by atoms with Crippen LogP contribution in [0.4, 0.5) is 0 Å². The minimum absolute atomic E-state index is 0.422. The maximum absolute atomic E-state index is 12.6. The number of benzene rings is 1. The topological polar surface area (TPSA) is 49.4 Å². The Hall–Kier alpha value is -0.910. The van der Waals surface area contributed by atoms with Crippen molar-refractivity contribution in [2.75, 3.05) is 20.1 Å². The molecule has 5 heteroatoms. The zero-order valence-corrected chi connectivity index (χ0v) is 12.5. The molecule has 1 aromatic rings. The van der Waals surface area contributed by atoms with Gasteiger partial charge in [0, 0.05) is 19.6 Å². The zero-order valence-electron chi connectivity index (χ0n) is 11.6. The van der Waals surface area contributed by atoms with Crippen molar-refractivity contribution in [1.29, 1.82) is 0 Å².